The average Bonchev–Trinajstić information content (AvgIpc) is 2.45. The maximum Gasteiger partial charge on any atom is 0.131 e. The van der Waals surface area contributed by atoms with Gasteiger partial charge in [-0.1, -0.05) is 18.2 Å². The number of rotatable bonds is 1. The Balaban J connectivity index is 2.78. The topological polar surface area (TPSA) is 17.8 Å². The smallest absolute Gasteiger partial charge is 0.131 e. The first-order valence-corrected chi connectivity index (χ1v) is 5.41. The standard InChI is InChI=1S/C10H11IN2/c1-7(2)13-9-6-4-3-5-8(9)10(11)12-13/h3-7H,1-2H3. The summed E-state index contributed by atoms with van der Waals surface area (Å²) in [7, 11) is 0. The molecule has 68 valence electrons. The molecule has 0 radical (unpaired) electrons. The molecule has 0 atom stereocenters. The second kappa shape index (κ2) is 3.29. The van der Waals surface area contributed by atoms with Gasteiger partial charge in [0.25, 0.3) is 0 Å². The average molecular weight is 286 g/mol. The molecule has 2 aromatic rings. The number of aromatic nitrogens is 2. The van der Waals surface area contributed by atoms with Crippen molar-refractivity contribution in [2.24, 2.45) is 0 Å². The third kappa shape index (κ3) is 1.45. The number of hydrogen-bond donors (Lipinski definition) is 0. The van der Waals surface area contributed by atoms with Crippen molar-refractivity contribution in [1.82, 2.24) is 9.78 Å². The molecule has 0 saturated heterocycles. The van der Waals surface area contributed by atoms with Gasteiger partial charge in [-0.3, -0.25) is 4.68 Å². The van der Waals surface area contributed by atoms with Crippen LogP contribution in [0.1, 0.15) is 19.9 Å². The fourth-order valence-electron chi connectivity index (χ4n) is 1.44. The molecule has 0 saturated carbocycles. The molecule has 1 aromatic heterocycles. The van der Waals surface area contributed by atoms with Gasteiger partial charge >= 0.3 is 0 Å². The van der Waals surface area contributed by atoms with E-state index in [0.29, 0.717) is 6.04 Å². The van der Waals surface area contributed by atoms with Crippen LogP contribution in [-0.4, -0.2) is 9.78 Å². The molecule has 0 amide bonds. The predicted molar refractivity (Wildman–Crippen MR) is 62.8 cm³/mol. The van der Waals surface area contributed by atoms with Crippen LogP contribution >= 0.6 is 22.6 Å². The quantitative estimate of drug-likeness (QED) is 0.736. The molecule has 1 aromatic carbocycles. The van der Waals surface area contributed by atoms with Crippen molar-refractivity contribution < 1.29 is 0 Å². The van der Waals surface area contributed by atoms with Crippen LogP contribution in [-0.2, 0) is 0 Å². The summed E-state index contributed by atoms with van der Waals surface area (Å²) < 4.78 is 3.15. The summed E-state index contributed by atoms with van der Waals surface area (Å²) in [5.41, 5.74) is 1.22. The summed E-state index contributed by atoms with van der Waals surface area (Å²) in [4.78, 5) is 0. The van der Waals surface area contributed by atoms with Gasteiger partial charge in [-0.25, -0.2) is 0 Å². The maximum atomic E-state index is 4.49. The molecule has 2 rings (SSSR count). The molecule has 0 N–H and O–H groups in total. The molecule has 0 aliphatic heterocycles. The van der Waals surface area contributed by atoms with Crippen molar-refractivity contribution >= 4 is 33.5 Å². The number of halogens is 1. The van der Waals surface area contributed by atoms with Gasteiger partial charge < -0.3 is 0 Å². The van der Waals surface area contributed by atoms with Gasteiger partial charge in [-0.2, -0.15) is 5.10 Å². The van der Waals surface area contributed by atoms with Crippen molar-refractivity contribution in [1.29, 1.82) is 0 Å². The normalized spacial score (nSPS) is 11.4. The second-order valence-electron chi connectivity index (χ2n) is 3.35. The molecule has 0 fully saturated rings. The molecule has 1 heterocycles. The summed E-state index contributed by atoms with van der Waals surface area (Å²) in [6.07, 6.45) is 0. The van der Waals surface area contributed by atoms with E-state index in [2.05, 4.69) is 70.5 Å². The highest BCUT2D eigenvalue weighted by atomic mass is 127. The predicted octanol–water partition coefficient (Wildman–Crippen LogP) is 3.22. The Hall–Kier alpha value is -0.580. The van der Waals surface area contributed by atoms with Gasteiger partial charge in [0.1, 0.15) is 3.70 Å². The lowest BCUT2D eigenvalue weighted by molar-refractivity contribution is 0.547. The highest BCUT2D eigenvalue weighted by Crippen LogP contribution is 2.22. The van der Waals surface area contributed by atoms with E-state index in [1.165, 1.54) is 10.9 Å². The van der Waals surface area contributed by atoms with Crippen molar-refractivity contribution in [3.8, 4) is 0 Å². The minimum absolute atomic E-state index is 0.424. The van der Waals surface area contributed by atoms with Crippen LogP contribution in [0.25, 0.3) is 10.9 Å². The lowest BCUT2D eigenvalue weighted by atomic mass is 10.2. The van der Waals surface area contributed by atoms with Crippen LogP contribution in [0.15, 0.2) is 24.3 Å². The van der Waals surface area contributed by atoms with E-state index < -0.39 is 0 Å². The highest BCUT2D eigenvalue weighted by Gasteiger charge is 2.08. The number of para-hydroxylation sites is 1. The van der Waals surface area contributed by atoms with Gasteiger partial charge in [-0.05, 0) is 42.5 Å². The van der Waals surface area contributed by atoms with Crippen LogP contribution in [0.5, 0.6) is 0 Å². The monoisotopic (exact) mass is 286 g/mol. The zero-order valence-electron chi connectivity index (χ0n) is 7.66. The molecular weight excluding hydrogens is 275 g/mol. The van der Waals surface area contributed by atoms with E-state index in [-0.39, 0.29) is 0 Å². The number of nitrogens with zero attached hydrogens (tertiary/aromatic N) is 2. The second-order valence-corrected chi connectivity index (χ2v) is 4.37. The number of hydrogen-bond acceptors (Lipinski definition) is 1. The molecule has 0 bridgehead atoms. The van der Waals surface area contributed by atoms with Crippen LogP contribution in [0.3, 0.4) is 0 Å². The van der Waals surface area contributed by atoms with Crippen molar-refractivity contribution in [3.05, 3.63) is 28.0 Å². The Bertz CT molecular complexity index is 431. The van der Waals surface area contributed by atoms with Crippen molar-refractivity contribution in [2.45, 2.75) is 19.9 Å². The first-order valence-electron chi connectivity index (χ1n) is 4.33. The minimum atomic E-state index is 0.424. The van der Waals surface area contributed by atoms with Crippen LogP contribution in [0.4, 0.5) is 0 Å². The Kier molecular flexibility index (Phi) is 2.27. The third-order valence-electron chi connectivity index (χ3n) is 2.06. The molecule has 2 nitrogen and oxygen atoms in total. The van der Waals surface area contributed by atoms with E-state index in [1.54, 1.807) is 0 Å². The SMILES string of the molecule is CC(C)n1nc(I)c2ccccc21. The number of benzene rings is 1. The Morgan fingerprint density at radius 2 is 2.00 bits per heavy atom. The highest BCUT2D eigenvalue weighted by molar-refractivity contribution is 14.1. The summed E-state index contributed by atoms with van der Waals surface area (Å²) in [5.74, 6) is 0. The Morgan fingerprint density at radius 1 is 1.31 bits per heavy atom. The summed E-state index contributed by atoms with van der Waals surface area (Å²) in [6, 6.07) is 8.76. The van der Waals surface area contributed by atoms with E-state index in [0.717, 1.165) is 3.70 Å². The minimum Gasteiger partial charge on any atom is -0.261 e. The fourth-order valence-corrected chi connectivity index (χ4v) is 2.13. The van der Waals surface area contributed by atoms with Crippen molar-refractivity contribution in [2.75, 3.05) is 0 Å². The lowest BCUT2D eigenvalue weighted by Crippen LogP contribution is -2.02. The maximum absolute atomic E-state index is 4.49. The summed E-state index contributed by atoms with van der Waals surface area (Å²) in [5, 5.41) is 5.74. The van der Waals surface area contributed by atoms with Gasteiger partial charge in [0.15, 0.2) is 0 Å². The molecular formula is C10H11IN2. The third-order valence-corrected chi connectivity index (χ3v) is 2.85. The molecule has 0 spiro atoms. The lowest BCUT2D eigenvalue weighted by Gasteiger charge is -2.05. The zero-order chi connectivity index (χ0) is 9.42. The van der Waals surface area contributed by atoms with Gasteiger partial charge in [0.2, 0.25) is 0 Å². The number of fused-ring (bicyclic) bond motifs is 1. The van der Waals surface area contributed by atoms with Crippen molar-refractivity contribution in [3.63, 3.8) is 0 Å². The van der Waals surface area contributed by atoms with Crippen LogP contribution < -0.4 is 0 Å². The summed E-state index contributed by atoms with van der Waals surface area (Å²) in [6.45, 7) is 4.30. The molecule has 3 heteroatoms. The van der Waals surface area contributed by atoms with Crippen LogP contribution in [0.2, 0.25) is 0 Å². The zero-order valence-corrected chi connectivity index (χ0v) is 9.82. The Labute approximate surface area is 91.1 Å². The van der Waals surface area contributed by atoms with Gasteiger partial charge in [0.05, 0.1) is 5.52 Å². The summed E-state index contributed by atoms with van der Waals surface area (Å²) >= 11 is 2.28. The molecule has 0 unspecified atom stereocenters. The molecule has 0 aliphatic carbocycles. The van der Waals surface area contributed by atoms with Gasteiger partial charge in [-0.15, -0.1) is 0 Å². The largest absolute Gasteiger partial charge is 0.261 e. The fraction of sp³-hybridized carbons (Fsp3) is 0.300. The van der Waals surface area contributed by atoms with E-state index in [4.69, 9.17) is 0 Å². The van der Waals surface area contributed by atoms with E-state index >= 15 is 0 Å². The first-order chi connectivity index (χ1) is 6.20. The van der Waals surface area contributed by atoms with E-state index in [9.17, 15) is 0 Å². The first kappa shape index (κ1) is 8.99. The molecule has 0 aliphatic rings. The van der Waals surface area contributed by atoms with Crippen LogP contribution in [0, 0.1) is 3.70 Å². The van der Waals surface area contributed by atoms with E-state index in [1.807, 2.05) is 0 Å². The molecule has 13 heavy (non-hydrogen) atoms. The van der Waals surface area contributed by atoms with Gasteiger partial charge in [0, 0.05) is 11.4 Å². The Morgan fingerprint density at radius 3 is 2.69 bits per heavy atom.